The van der Waals surface area contributed by atoms with E-state index in [4.69, 9.17) is 0 Å². The van der Waals surface area contributed by atoms with Crippen molar-refractivity contribution in [1.29, 1.82) is 0 Å². The zero-order chi connectivity index (χ0) is 16.7. The van der Waals surface area contributed by atoms with Crippen LogP contribution in [0, 0.1) is 11.8 Å². The average molecular weight is 312 g/mol. The van der Waals surface area contributed by atoms with E-state index >= 15 is 0 Å². The Hall–Kier alpha value is -1.59. The molecule has 3 atom stereocenters. The van der Waals surface area contributed by atoms with Crippen LogP contribution in [0.1, 0.15) is 52.9 Å². The van der Waals surface area contributed by atoms with Crippen LogP contribution in [0.15, 0.2) is 0 Å². The van der Waals surface area contributed by atoms with Crippen LogP contribution in [0.4, 0.5) is 0 Å². The quantitative estimate of drug-likeness (QED) is 0.748. The molecule has 126 valence electrons. The summed E-state index contributed by atoms with van der Waals surface area (Å²) in [6, 6.07) is -0.873. The molecule has 22 heavy (non-hydrogen) atoms. The van der Waals surface area contributed by atoms with Gasteiger partial charge in [-0.15, -0.1) is 0 Å². The largest absolute Gasteiger partial charge is 0.480 e. The highest BCUT2D eigenvalue weighted by Crippen LogP contribution is 2.31. The van der Waals surface area contributed by atoms with Crippen LogP contribution >= 0.6 is 0 Å². The van der Waals surface area contributed by atoms with Crippen molar-refractivity contribution in [3.63, 3.8) is 0 Å². The Balaban J connectivity index is 2.61. The van der Waals surface area contributed by atoms with Gasteiger partial charge in [0.25, 0.3) is 0 Å². The minimum Gasteiger partial charge on any atom is -0.480 e. The van der Waals surface area contributed by atoms with Gasteiger partial charge in [-0.25, -0.2) is 4.79 Å². The summed E-state index contributed by atoms with van der Waals surface area (Å²) in [7, 11) is 0. The van der Waals surface area contributed by atoms with Gasteiger partial charge in [0.2, 0.25) is 11.8 Å². The lowest BCUT2D eigenvalue weighted by Gasteiger charge is -2.31. The second kappa shape index (κ2) is 8.76. The van der Waals surface area contributed by atoms with Crippen molar-refractivity contribution in [3.8, 4) is 0 Å². The molecule has 1 fully saturated rings. The van der Waals surface area contributed by atoms with Gasteiger partial charge in [0.1, 0.15) is 6.04 Å². The van der Waals surface area contributed by atoms with Gasteiger partial charge < -0.3 is 15.3 Å². The molecule has 1 rings (SSSR count). The summed E-state index contributed by atoms with van der Waals surface area (Å²) in [4.78, 5) is 36.0. The second-order valence-corrected chi connectivity index (χ2v) is 6.43. The lowest BCUT2D eigenvalue weighted by molar-refractivity contribution is -0.150. The summed E-state index contributed by atoms with van der Waals surface area (Å²) in [6.07, 6.45) is 4.83. The van der Waals surface area contributed by atoms with E-state index in [1.165, 1.54) is 25.2 Å². The van der Waals surface area contributed by atoms with Crippen LogP contribution in [0.2, 0.25) is 0 Å². The molecule has 1 aliphatic rings. The van der Waals surface area contributed by atoms with E-state index in [2.05, 4.69) is 12.2 Å². The Bertz CT molecular complexity index is 411. The van der Waals surface area contributed by atoms with E-state index in [-0.39, 0.29) is 24.9 Å². The molecular formula is C16H28N2O4. The van der Waals surface area contributed by atoms with Gasteiger partial charge in [-0.3, -0.25) is 9.59 Å². The molecule has 3 unspecified atom stereocenters. The Morgan fingerprint density at radius 3 is 2.55 bits per heavy atom. The first-order valence-electron chi connectivity index (χ1n) is 8.08. The third-order valence-electron chi connectivity index (χ3n) is 4.38. The molecule has 0 saturated heterocycles. The van der Waals surface area contributed by atoms with Crippen LogP contribution in [0.5, 0.6) is 0 Å². The maximum Gasteiger partial charge on any atom is 0.326 e. The molecular weight excluding hydrogens is 284 g/mol. The smallest absolute Gasteiger partial charge is 0.326 e. The maximum absolute atomic E-state index is 12.5. The maximum atomic E-state index is 12.5. The molecule has 0 aliphatic heterocycles. The van der Waals surface area contributed by atoms with Crippen LogP contribution in [0.25, 0.3) is 0 Å². The number of carbonyl (C=O) groups is 3. The van der Waals surface area contributed by atoms with Gasteiger partial charge in [0, 0.05) is 26.4 Å². The third kappa shape index (κ3) is 6.03. The van der Waals surface area contributed by atoms with E-state index in [9.17, 15) is 19.5 Å². The Morgan fingerprint density at radius 1 is 1.32 bits per heavy atom. The van der Waals surface area contributed by atoms with Crippen molar-refractivity contribution < 1.29 is 19.5 Å². The third-order valence-corrected chi connectivity index (χ3v) is 4.38. The zero-order valence-corrected chi connectivity index (χ0v) is 13.8. The van der Waals surface area contributed by atoms with Gasteiger partial charge >= 0.3 is 5.97 Å². The predicted molar refractivity (Wildman–Crippen MR) is 83.2 cm³/mol. The van der Waals surface area contributed by atoms with E-state index in [0.29, 0.717) is 18.3 Å². The van der Waals surface area contributed by atoms with Gasteiger partial charge in [-0.05, 0) is 31.6 Å². The Morgan fingerprint density at radius 2 is 2.00 bits per heavy atom. The van der Waals surface area contributed by atoms with Crippen molar-refractivity contribution in [2.24, 2.45) is 11.8 Å². The number of amides is 2. The number of rotatable bonds is 7. The normalized spacial score (nSPS) is 22.7. The fraction of sp³-hybridized carbons (Fsp3) is 0.812. The standard InChI is InChI=1S/C16H28N2O4/c1-11-5-4-6-14(9-11)10-15(20)18(12(2)16(21)22)8-7-17-13(3)19/h11-12,14H,4-10H2,1-3H3,(H,17,19)(H,21,22). The van der Waals surface area contributed by atoms with Gasteiger partial charge in [0.05, 0.1) is 0 Å². The van der Waals surface area contributed by atoms with Crippen molar-refractivity contribution in [3.05, 3.63) is 0 Å². The van der Waals surface area contributed by atoms with Gasteiger partial charge in [-0.1, -0.05) is 19.8 Å². The Kier molecular flexibility index (Phi) is 7.35. The number of carbonyl (C=O) groups excluding carboxylic acids is 2. The minimum atomic E-state index is -1.02. The number of nitrogens with one attached hydrogen (secondary N) is 1. The lowest BCUT2D eigenvalue weighted by Crippen LogP contribution is -2.47. The summed E-state index contributed by atoms with van der Waals surface area (Å²) in [6.45, 7) is 5.62. The number of hydrogen-bond donors (Lipinski definition) is 2. The molecule has 0 bridgehead atoms. The van der Waals surface area contributed by atoms with Crippen molar-refractivity contribution >= 4 is 17.8 Å². The molecule has 0 radical (unpaired) electrons. The van der Waals surface area contributed by atoms with E-state index in [1.54, 1.807) is 0 Å². The molecule has 1 saturated carbocycles. The van der Waals surface area contributed by atoms with Crippen LogP contribution < -0.4 is 5.32 Å². The molecule has 2 N–H and O–H groups in total. The molecule has 0 heterocycles. The van der Waals surface area contributed by atoms with Gasteiger partial charge in [0.15, 0.2) is 0 Å². The molecule has 6 heteroatoms. The Labute approximate surface area is 132 Å². The highest BCUT2D eigenvalue weighted by Gasteiger charge is 2.28. The first-order valence-corrected chi connectivity index (χ1v) is 8.08. The van der Waals surface area contributed by atoms with Crippen molar-refractivity contribution in [1.82, 2.24) is 10.2 Å². The topological polar surface area (TPSA) is 86.7 Å². The summed E-state index contributed by atoms with van der Waals surface area (Å²) < 4.78 is 0. The molecule has 2 amide bonds. The van der Waals surface area contributed by atoms with Crippen molar-refractivity contribution in [2.45, 2.75) is 58.9 Å². The van der Waals surface area contributed by atoms with Crippen molar-refractivity contribution in [2.75, 3.05) is 13.1 Å². The SMILES string of the molecule is CC(=O)NCCN(C(=O)CC1CCCC(C)C1)C(C)C(=O)O. The fourth-order valence-corrected chi connectivity index (χ4v) is 3.13. The van der Waals surface area contributed by atoms with E-state index < -0.39 is 12.0 Å². The number of carboxylic acid groups (broad SMARTS) is 1. The monoisotopic (exact) mass is 312 g/mol. The second-order valence-electron chi connectivity index (χ2n) is 6.43. The number of carboxylic acids is 1. The fourth-order valence-electron chi connectivity index (χ4n) is 3.13. The molecule has 0 spiro atoms. The lowest BCUT2D eigenvalue weighted by atomic mass is 9.80. The number of nitrogens with zero attached hydrogens (tertiary/aromatic N) is 1. The zero-order valence-electron chi connectivity index (χ0n) is 13.8. The predicted octanol–water partition coefficient (Wildman–Crippen LogP) is 1.64. The minimum absolute atomic E-state index is 0.126. The molecule has 6 nitrogen and oxygen atoms in total. The highest BCUT2D eigenvalue weighted by molar-refractivity contribution is 5.83. The van der Waals surface area contributed by atoms with E-state index in [1.807, 2.05) is 0 Å². The molecule has 0 aromatic heterocycles. The number of aliphatic carboxylic acids is 1. The number of hydrogen-bond acceptors (Lipinski definition) is 3. The average Bonchev–Trinajstić information content (AvgIpc) is 2.42. The molecule has 0 aromatic carbocycles. The summed E-state index contributed by atoms with van der Waals surface area (Å²) in [5, 5.41) is 11.8. The first kappa shape index (κ1) is 18.5. The summed E-state index contributed by atoms with van der Waals surface area (Å²) in [5.41, 5.74) is 0. The van der Waals surface area contributed by atoms with Gasteiger partial charge in [-0.2, -0.15) is 0 Å². The summed E-state index contributed by atoms with van der Waals surface area (Å²) in [5.74, 6) is -0.346. The summed E-state index contributed by atoms with van der Waals surface area (Å²) >= 11 is 0. The van der Waals surface area contributed by atoms with Crippen LogP contribution in [0.3, 0.4) is 0 Å². The first-order chi connectivity index (χ1) is 10.3. The molecule has 0 aromatic rings. The molecule has 1 aliphatic carbocycles. The van der Waals surface area contributed by atoms with Crippen LogP contribution in [-0.2, 0) is 14.4 Å². The highest BCUT2D eigenvalue weighted by atomic mass is 16.4. The van der Waals surface area contributed by atoms with E-state index in [0.717, 1.165) is 19.3 Å². The van der Waals surface area contributed by atoms with Crippen LogP contribution in [-0.4, -0.2) is 46.9 Å².